The van der Waals surface area contributed by atoms with Crippen molar-refractivity contribution in [1.82, 2.24) is 31.2 Å². The van der Waals surface area contributed by atoms with Gasteiger partial charge in [-0.15, -0.1) is 0 Å². The number of rotatable bonds is 17. The van der Waals surface area contributed by atoms with Crippen LogP contribution in [0.3, 0.4) is 0 Å². The molecule has 4 bridgehead atoms. The summed E-state index contributed by atoms with van der Waals surface area (Å²) < 4.78 is 12.2. The topological polar surface area (TPSA) is 270 Å². The monoisotopic (exact) mass is 874 g/mol. The number of ether oxygens (including phenoxy) is 2. The zero-order valence-electron chi connectivity index (χ0n) is 36.7. The number of amides is 5. The van der Waals surface area contributed by atoms with E-state index >= 15 is 0 Å². The number of hydrogen-bond acceptors (Lipinski definition) is 12. The van der Waals surface area contributed by atoms with Gasteiger partial charge in [-0.05, 0) is 86.3 Å². The minimum Gasteiger partial charge on any atom is -0.492 e. The van der Waals surface area contributed by atoms with E-state index in [2.05, 4.69) is 40.3 Å². The minimum atomic E-state index is -1.39. The van der Waals surface area contributed by atoms with Crippen LogP contribution in [0.25, 0.3) is 22.4 Å². The number of nitrogens with two attached hydrogens (primary N) is 3. The van der Waals surface area contributed by atoms with E-state index in [4.69, 9.17) is 36.9 Å². The van der Waals surface area contributed by atoms with Crippen molar-refractivity contribution in [3.05, 3.63) is 101 Å². The number of nitriles is 1. The van der Waals surface area contributed by atoms with E-state index in [-0.39, 0.29) is 57.8 Å². The molecule has 3 aromatic carbocycles. The summed E-state index contributed by atoms with van der Waals surface area (Å²) in [6.07, 6.45) is 2.03. The fourth-order valence-corrected chi connectivity index (χ4v) is 7.46. The fourth-order valence-electron chi connectivity index (χ4n) is 7.46. The second kappa shape index (κ2) is 23.0. The predicted molar refractivity (Wildman–Crippen MR) is 242 cm³/mol. The molecule has 64 heavy (non-hydrogen) atoms. The van der Waals surface area contributed by atoms with Crippen LogP contribution in [0.2, 0.25) is 0 Å². The first kappa shape index (κ1) is 48.2. The van der Waals surface area contributed by atoms with E-state index in [1.54, 1.807) is 55.5 Å². The molecular weight excluding hydrogens is 817 g/mol. The zero-order chi connectivity index (χ0) is 46.3. The molecule has 5 amide bonds. The highest BCUT2D eigenvalue weighted by Crippen LogP contribution is 2.40. The summed E-state index contributed by atoms with van der Waals surface area (Å²) >= 11 is 0. The number of fused-ring (bicyclic) bond motifs is 5. The lowest BCUT2D eigenvalue weighted by atomic mass is 9.93. The molecule has 4 atom stereocenters. The summed E-state index contributed by atoms with van der Waals surface area (Å²) in [5.74, 6) is -2.47. The third-order valence-electron chi connectivity index (χ3n) is 10.7. The van der Waals surface area contributed by atoms with E-state index in [9.17, 15) is 24.0 Å². The summed E-state index contributed by atoms with van der Waals surface area (Å²) in [4.78, 5) is 76.0. The summed E-state index contributed by atoms with van der Waals surface area (Å²) in [6.45, 7) is 5.70. The van der Waals surface area contributed by atoms with Crippen LogP contribution in [0.1, 0.15) is 65.5 Å². The maximum Gasteiger partial charge on any atom is 0.253 e. The molecule has 0 saturated heterocycles. The van der Waals surface area contributed by atoms with Crippen molar-refractivity contribution >= 4 is 29.5 Å². The van der Waals surface area contributed by atoms with E-state index in [0.717, 1.165) is 18.4 Å². The van der Waals surface area contributed by atoms with E-state index < -0.39 is 53.7 Å². The molecular formula is C47H58N10O7. The molecule has 4 unspecified atom stereocenters. The highest BCUT2D eigenvalue weighted by atomic mass is 16.5. The molecule has 4 aromatic rings. The van der Waals surface area contributed by atoms with Crippen LogP contribution in [-0.4, -0.2) is 104 Å². The van der Waals surface area contributed by atoms with Crippen molar-refractivity contribution in [2.24, 2.45) is 17.2 Å². The van der Waals surface area contributed by atoms with Gasteiger partial charge in [0.1, 0.15) is 55.4 Å². The molecule has 338 valence electrons. The Labute approximate surface area is 373 Å². The molecule has 0 fully saturated rings. The lowest BCUT2D eigenvalue weighted by molar-refractivity contribution is -0.141. The number of likely N-dealkylation sites (N-methyl/N-ethyl adjacent to an activating group) is 1. The highest BCUT2D eigenvalue weighted by molar-refractivity contribution is 6.00. The molecule has 2 heterocycles. The first-order chi connectivity index (χ1) is 30.8. The molecule has 10 N–H and O–H groups in total. The molecule has 0 aliphatic carbocycles. The van der Waals surface area contributed by atoms with Crippen molar-refractivity contribution in [1.29, 1.82) is 5.26 Å². The van der Waals surface area contributed by atoms with Gasteiger partial charge in [-0.3, -0.25) is 29.0 Å². The van der Waals surface area contributed by atoms with Gasteiger partial charge in [0.15, 0.2) is 0 Å². The predicted octanol–water partition coefficient (Wildman–Crippen LogP) is 2.18. The Balaban J connectivity index is 1.56. The van der Waals surface area contributed by atoms with Gasteiger partial charge in [-0.25, -0.2) is 0 Å². The Hall–Kier alpha value is -6.87. The van der Waals surface area contributed by atoms with Crippen LogP contribution in [0, 0.1) is 18.3 Å². The summed E-state index contributed by atoms with van der Waals surface area (Å²) in [5, 5.41) is 19.9. The average molecular weight is 875 g/mol. The largest absolute Gasteiger partial charge is 0.492 e. The molecule has 1 aromatic heterocycles. The number of benzene rings is 3. The van der Waals surface area contributed by atoms with E-state index in [0.29, 0.717) is 45.1 Å². The van der Waals surface area contributed by atoms with Gasteiger partial charge >= 0.3 is 0 Å². The zero-order valence-corrected chi connectivity index (χ0v) is 36.7. The first-order valence-corrected chi connectivity index (χ1v) is 21.4. The SMILES string of the molecule is CCCc1ccc(-c2ccc(C(=O)NC(CCN)C(=O)N(C)C3C(=O)NC(C)C(=O)NC(C(=O)NCC#N)Cc4ccc(OCCN)c(c4)-c4cc3ccc4OCCN)c(C)n2)cc1. The number of pyridine rings is 1. The van der Waals surface area contributed by atoms with E-state index in [1.807, 2.05) is 18.2 Å². The van der Waals surface area contributed by atoms with Gasteiger partial charge in [0.25, 0.3) is 5.91 Å². The Morgan fingerprint density at radius 1 is 0.906 bits per heavy atom. The molecule has 1 aliphatic heterocycles. The summed E-state index contributed by atoms with van der Waals surface area (Å²) in [5.41, 5.74) is 23.1. The van der Waals surface area contributed by atoms with E-state index in [1.165, 1.54) is 24.4 Å². The van der Waals surface area contributed by atoms with Crippen molar-refractivity contribution in [2.75, 3.05) is 46.4 Å². The van der Waals surface area contributed by atoms with Crippen molar-refractivity contribution in [3.8, 4) is 40.0 Å². The van der Waals surface area contributed by atoms with Crippen molar-refractivity contribution in [3.63, 3.8) is 0 Å². The van der Waals surface area contributed by atoms with Crippen molar-refractivity contribution in [2.45, 2.75) is 70.6 Å². The Bertz CT molecular complexity index is 2350. The normalized spacial score (nSPS) is 16.5. The van der Waals surface area contributed by atoms with Crippen LogP contribution in [0.4, 0.5) is 0 Å². The molecule has 0 radical (unpaired) electrons. The van der Waals surface area contributed by atoms with Gasteiger partial charge in [0, 0.05) is 43.2 Å². The second-order valence-corrected chi connectivity index (χ2v) is 15.5. The number of aryl methyl sites for hydroxylation is 2. The molecule has 0 saturated carbocycles. The second-order valence-electron chi connectivity index (χ2n) is 15.5. The van der Waals surface area contributed by atoms with Crippen molar-refractivity contribution < 1.29 is 33.4 Å². The quantitative estimate of drug-likeness (QED) is 0.0753. The third-order valence-corrected chi connectivity index (χ3v) is 10.7. The first-order valence-electron chi connectivity index (χ1n) is 21.4. The van der Waals surface area contributed by atoms with Gasteiger partial charge in [0.05, 0.1) is 23.0 Å². The average Bonchev–Trinajstić information content (AvgIpc) is 3.29. The van der Waals surface area contributed by atoms with Gasteiger partial charge in [-0.1, -0.05) is 49.7 Å². The van der Waals surface area contributed by atoms with Gasteiger partial charge < -0.3 is 52.8 Å². The van der Waals surface area contributed by atoms with Gasteiger partial charge in [0.2, 0.25) is 23.6 Å². The maximum absolute atomic E-state index is 14.6. The lowest BCUT2D eigenvalue weighted by Crippen LogP contribution is -2.56. The maximum atomic E-state index is 14.6. The molecule has 5 rings (SSSR count). The number of aromatic nitrogens is 1. The van der Waals surface area contributed by atoms with Gasteiger partial charge in [-0.2, -0.15) is 5.26 Å². The lowest BCUT2D eigenvalue weighted by Gasteiger charge is -2.32. The number of carbonyl (C=O) groups excluding carboxylic acids is 5. The smallest absolute Gasteiger partial charge is 0.253 e. The molecule has 0 spiro atoms. The number of nitrogens with one attached hydrogen (secondary N) is 4. The van der Waals surface area contributed by atoms with Crippen LogP contribution in [0.15, 0.2) is 72.8 Å². The Morgan fingerprint density at radius 3 is 2.20 bits per heavy atom. The highest BCUT2D eigenvalue weighted by Gasteiger charge is 2.36. The van der Waals surface area contributed by atoms with Crippen LogP contribution in [0.5, 0.6) is 11.5 Å². The number of hydrogen-bond donors (Lipinski definition) is 7. The minimum absolute atomic E-state index is 0.00722. The summed E-state index contributed by atoms with van der Waals surface area (Å²) in [7, 11) is 1.42. The van der Waals surface area contributed by atoms with Crippen LogP contribution in [-0.2, 0) is 32.0 Å². The Kier molecular flexibility index (Phi) is 17.3. The molecule has 1 aliphatic rings. The number of carbonyl (C=O) groups is 5. The molecule has 17 heteroatoms. The Morgan fingerprint density at radius 2 is 1.58 bits per heavy atom. The third kappa shape index (κ3) is 12.0. The van der Waals surface area contributed by atoms with Crippen LogP contribution >= 0.6 is 0 Å². The standard InChI is InChI=1S/C47H58N10O7/c1-5-6-30-7-10-32(11-8-30)37-14-13-34(28(2)53-37)44(59)55-38(17-18-48)47(62)57(4)42-33-12-16-41(64-24-21-51)36(27-33)35-25-31(9-15-40(35)63-23-20-50)26-39(45(60)52-22-19-49)56-43(58)29(3)54-46(42)61/h7-16,25,27,29,38-39,42H,5-6,17-18,20-24,26,48,50-51H2,1-4H3,(H,52,60)(H,54,61)(H,55,59)(H,56,58). The molecule has 17 nitrogen and oxygen atoms in total. The fraction of sp³-hybridized carbons (Fsp3) is 0.383. The number of nitrogens with zero attached hydrogens (tertiary/aromatic N) is 3. The summed E-state index contributed by atoms with van der Waals surface area (Å²) in [6, 6.07) is 18.7. The van der Waals surface area contributed by atoms with Crippen LogP contribution < -0.4 is 47.9 Å².